The zero-order chi connectivity index (χ0) is 14.1. The van der Waals surface area contributed by atoms with Gasteiger partial charge in [0, 0.05) is 23.6 Å². The summed E-state index contributed by atoms with van der Waals surface area (Å²) in [6.45, 7) is 2.44. The Balaban J connectivity index is 1.84. The standard InChI is InChI=1S/C14H13BrN2O3/c15-10-1-3-11(4-2-10)17-13(18)9-12(14(17)19)16-5-7-20-8-6-16/h1-4,9H,5-8H2. The van der Waals surface area contributed by atoms with Crippen LogP contribution in [0.1, 0.15) is 0 Å². The van der Waals surface area contributed by atoms with Crippen molar-refractivity contribution in [2.75, 3.05) is 31.2 Å². The van der Waals surface area contributed by atoms with Crippen molar-refractivity contribution >= 4 is 33.4 Å². The van der Waals surface area contributed by atoms with E-state index in [1.165, 1.54) is 11.0 Å². The van der Waals surface area contributed by atoms with E-state index in [-0.39, 0.29) is 11.8 Å². The summed E-state index contributed by atoms with van der Waals surface area (Å²) in [5.41, 5.74) is 1.05. The van der Waals surface area contributed by atoms with Crippen LogP contribution in [0.5, 0.6) is 0 Å². The molecular weight excluding hydrogens is 324 g/mol. The normalized spacial score (nSPS) is 19.6. The van der Waals surface area contributed by atoms with E-state index >= 15 is 0 Å². The highest BCUT2D eigenvalue weighted by atomic mass is 79.9. The minimum Gasteiger partial charge on any atom is -0.378 e. The number of rotatable bonds is 2. The molecule has 0 atom stereocenters. The molecule has 2 heterocycles. The van der Waals surface area contributed by atoms with Gasteiger partial charge in [-0.15, -0.1) is 0 Å². The summed E-state index contributed by atoms with van der Waals surface area (Å²) in [7, 11) is 0. The van der Waals surface area contributed by atoms with E-state index < -0.39 is 0 Å². The van der Waals surface area contributed by atoms with Gasteiger partial charge in [0.2, 0.25) is 0 Å². The van der Waals surface area contributed by atoms with Gasteiger partial charge < -0.3 is 9.64 Å². The van der Waals surface area contributed by atoms with Crippen LogP contribution in [0.4, 0.5) is 5.69 Å². The SMILES string of the molecule is O=C1C=C(N2CCOCC2)C(=O)N1c1ccc(Br)cc1. The number of nitrogens with zero attached hydrogens (tertiary/aromatic N) is 2. The molecule has 104 valence electrons. The molecule has 2 aliphatic heterocycles. The lowest BCUT2D eigenvalue weighted by Crippen LogP contribution is -2.40. The quantitative estimate of drug-likeness (QED) is 0.769. The Labute approximate surface area is 124 Å². The highest BCUT2D eigenvalue weighted by Gasteiger charge is 2.35. The number of amides is 2. The van der Waals surface area contributed by atoms with Crippen LogP contribution in [0.2, 0.25) is 0 Å². The number of benzene rings is 1. The summed E-state index contributed by atoms with van der Waals surface area (Å²) in [5, 5.41) is 0. The van der Waals surface area contributed by atoms with Crippen LogP contribution in [-0.4, -0.2) is 43.0 Å². The van der Waals surface area contributed by atoms with Gasteiger partial charge in [-0.05, 0) is 24.3 Å². The molecule has 0 bridgehead atoms. The molecule has 0 aliphatic carbocycles. The van der Waals surface area contributed by atoms with E-state index in [1.807, 2.05) is 17.0 Å². The molecular formula is C14H13BrN2O3. The van der Waals surface area contributed by atoms with E-state index in [4.69, 9.17) is 4.74 Å². The van der Waals surface area contributed by atoms with Crippen molar-refractivity contribution in [3.8, 4) is 0 Å². The van der Waals surface area contributed by atoms with Crippen molar-refractivity contribution in [1.29, 1.82) is 0 Å². The monoisotopic (exact) mass is 336 g/mol. The van der Waals surface area contributed by atoms with E-state index in [2.05, 4.69) is 15.9 Å². The average Bonchev–Trinajstić information content (AvgIpc) is 2.76. The number of hydrogen-bond acceptors (Lipinski definition) is 4. The lowest BCUT2D eigenvalue weighted by Gasteiger charge is -2.29. The van der Waals surface area contributed by atoms with Crippen LogP contribution in [0.25, 0.3) is 0 Å². The molecule has 0 saturated carbocycles. The maximum absolute atomic E-state index is 12.4. The number of carbonyl (C=O) groups is 2. The van der Waals surface area contributed by atoms with Gasteiger partial charge in [-0.2, -0.15) is 0 Å². The maximum atomic E-state index is 12.4. The van der Waals surface area contributed by atoms with Crippen molar-refractivity contribution in [2.45, 2.75) is 0 Å². The topological polar surface area (TPSA) is 49.9 Å². The zero-order valence-electron chi connectivity index (χ0n) is 10.7. The molecule has 0 unspecified atom stereocenters. The predicted octanol–water partition coefficient (Wildman–Crippen LogP) is 1.54. The van der Waals surface area contributed by atoms with Gasteiger partial charge in [-0.25, -0.2) is 4.90 Å². The Kier molecular flexibility index (Phi) is 3.58. The van der Waals surface area contributed by atoms with E-state index in [9.17, 15) is 9.59 Å². The number of ether oxygens (including phenoxy) is 1. The minimum atomic E-state index is -0.293. The fourth-order valence-electron chi connectivity index (χ4n) is 2.32. The molecule has 1 aromatic carbocycles. The smallest absolute Gasteiger partial charge is 0.281 e. The van der Waals surface area contributed by atoms with Crippen molar-refractivity contribution in [2.24, 2.45) is 0 Å². The Morgan fingerprint density at radius 3 is 2.35 bits per heavy atom. The molecule has 0 N–H and O–H groups in total. The van der Waals surface area contributed by atoms with Crippen molar-refractivity contribution in [3.63, 3.8) is 0 Å². The first-order valence-corrected chi connectivity index (χ1v) is 7.14. The summed E-state index contributed by atoms with van der Waals surface area (Å²) < 4.78 is 6.17. The van der Waals surface area contributed by atoms with E-state index in [0.717, 1.165) is 4.47 Å². The van der Waals surface area contributed by atoms with Gasteiger partial charge in [0.1, 0.15) is 5.70 Å². The molecule has 0 spiro atoms. The average molecular weight is 337 g/mol. The van der Waals surface area contributed by atoms with Gasteiger partial charge in [0.05, 0.1) is 18.9 Å². The first-order chi connectivity index (χ1) is 9.66. The number of halogens is 1. The second-order valence-corrected chi connectivity index (χ2v) is 5.50. The van der Waals surface area contributed by atoms with Gasteiger partial charge in [-0.3, -0.25) is 9.59 Å². The van der Waals surface area contributed by atoms with Crippen LogP contribution >= 0.6 is 15.9 Å². The summed E-state index contributed by atoms with van der Waals surface area (Å²) in [5.74, 6) is -0.557. The summed E-state index contributed by atoms with van der Waals surface area (Å²) in [6, 6.07) is 7.11. The fraction of sp³-hybridized carbons (Fsp3) is 0.286. The first-order valence-electron chi connectivity index (χ1n) is 6.35. The second-order valence-electron chi connectivity index (χ2n) is 4.58. The maximum Gasteiger partial charge on any atom is 0.281 e. The number of morpholine rings is 1. The first kappa shape index (κ1) is 13.3. The summed E-state index contributed by atoms with van der Waals surface area (Å²) >= 11 is 3.34. The number of carbonyl (C=O) groups excluding carboxylic acids is 2. The third kappa shape index (κ3) is 2.36. The number of imide groups is 1. The lowest BCUT2D eigenvalue weighted by atomic mass is 10.3. The Bertz CT molecular complexity index is 577. The molecule has 5 nitrogen and oxygen atoms in total. The van der Waals surface area contributed by atoms with Crippen molar-refractivity contribution < 1.29 is 14.3 Å². The van der Waals surface area contributed by atoms with E-state index in [1.54, 1.807) is 12.1 Å². The molecule has 0 aromatic heterocycles. The summed E-state index contributed by atoms with van der Waals surface area (Å²) in [4.78, 5) is 27.6. The molecule has 1 fully saturated rings. The van der Waals surface area contributed by atoms with Crippen molar-refractivity contribution in [1.82, 2.24) is 4.90 Å². The Morgan fingerprint density at radius 1 is 1.05 bits per heavy atom. The van der Waals surface area contributed by atoms with Crippen LogP contribution in [0.3, 0.4) is 0 Å². The zero-order valence-corrected chi connectivity index (χ0v) is 12.3. The number of anilines is 1. The van der Waals surface area contributed by atoms with Crippen LogP contribution in [0, 0.1) is 0 Å². The van der Waals surface area contributed by atoms with E-state index in [0.29, 0.717) is 37.7 Å². The molecule has 1 saturated heterocycles. The Morgan fingerprint density at radius 2 is 1.70 bits per heavy atom. The molecule has 1 aromatic rings. The Hall–Kier alpha value is -1.66. The molecule has 2 amide bonds. The molecule has 3 rings (SSSR count). The summed E-state index contributed by atoms with van der Waals surface area (Å²) in [6.07, 6.45) is 1.41. The largest absolute Gasteiger partial charge is 0.378 e. The van der Waals surface area contributed by atoms with Crippen LogP contribution in [-0.2, 0) is 14.3 Å². The van der Waals surface area contributed by atoms with Gasteiger partial charge in [0.15, 0.2) is 0 Å². The highest BCUT2D eigenvalue weighted by Crippen LogP contribution is 2.26. The van der Waals surface area contributed by atoms with Gasteiger partial charge >= 0.3 is 0 Å². The van der Waals surface area contributed by atoms with Crippen molar-refractivity contribution in [3.05, 3.63) is 40.5 Å². The molecule has 20 heavy (non-hydrogen) atoms. The number of hydrogen-bond donors (Lipinski definition) is 0. The third-order valence-corrected chi connectivity index (χ3v) is 3.87. The fourth-order valence-corrected chi connectivity index (χ4v) is 2.59. The molecule has 6 heteroatoms. The van der Waals surface area contributed by atoms with Crippen LogP contribution in [0.15, 0.2) is 40.5 Å². The lowest BCUT2D eigenvalue weighted by molar-refractivity contribution is -0.121. The predicted molar refractivity (Wildman–Crippen MR) is 77.1 cm³/mol. The third-order valence-electron chi connectivity index (χ3n) is 3.34. The second kappa shape index (κ2) is 5.38. The molecule has 2 aliphatic rings. The molecule has 0 radical (unpaired) electrons. The van der Waals surface area contributed by atoms with Gasteiger partial charge in [-0.1, -0.05) is 15.9 Å². The van der Waals surface area contributed by atoms with Gasteiger partial charge in [0.25, 0.3) is 11.8 Å². The van der Waals surface area contributed by atoms with Crippen LogP contribution < -0.4 is 4.90 Å². The highest BCUT2D eigenvalue weighted by molar-refractivity contribution is 9.10. The minimum absolute atomic E-state index is 0.265.